The van der Waals surface area contributed by atoms with Crippen molar-refractivity contribution in [1.29, 1.82) is 0 Å². The number of nitrogens with zero attached hydrogens (tertiary/aromatic N) is 2. The Morgan fingerprint density at radius 3 is 3.00 bits per heavy atom. The highest BCUT2D eigenvalue weighted by molar-refractivity contribution is 9.10. The minimum atomic E-state index is -0.644. The molecule has 15 heavy (non-hydrogen) atoms. The molecule has 0 aromatic carbocycles. The molecular weight excluding hydrogens is 260 g/mol. The van der Waals surface area contributed by atoms with Gasteiger partial charge in [-0.15, -0.1) is 0 Å². The summed E-state index contributed by atoms with van der Waals surface area (Å²) in [4.78, 5) is 11.3. The lowest BCUT2D eigenvalue weighted by Gasteiger charge is -2.10. The molecule has 0 radical (unpaired) electrons. The van der Waals surface area contributed by atoms with Crippen LogP contribution >= 0.6 is 15.9 Å². The molecule has 0 spiro atoms. The SMILES string of the molecule is CC(O)C(N)c1nc2ncc(Br)cc2[nH]1. The molecule has 0 aliphatic rings. The van der Waals surface area contributed by atoms with Gasteiger partial charge in [0.1, 0.15) is 5.82 Å². The zero-order valence-electron chi connectivity index (χ0n) is 8.11. The summed E-state index contributed by atoms with van der Waals surface area (Å²) in [5.74, 6) is 0.547. The molecule has 2 rings (SSSR count). The smallest absolute Gasteiger partial charge is 0.177 e. The molecule has 0 saturated heterocycles. The van der Waals surface area contributed by atoms with E-state index in [1.54, 1.807) is 13.1 Å². The minimum Gasteiger partial charge on any atom is -0.391 e. The van der Waals surface area contributed by atoms with Crippen molar-refractivity contribution in [3.63, 3.8) is 0 Å². The lowest BCUT2D eigenvalue weighted by Crippen LogP contribution is -2.24. The Bertz CT molecular complexity index is 482. The topological polar surface area (TPSA) is 87.8 Å². The van der Waals surface area contributed by atoms with E-state index in [1.165, 1.54) is 0 Å². The number of aromatic amines is 1. The van der Waals surface area contributed by atoms with Crippen molar-refractivity contribution in [1.82, 2.24) is 15.0 Å². The number of aromatic nitrogens is 3. The van der Waals surface area contributed by atoms with Gasteiger partial charge in [0, 0.05) is 10.7 Å². The molecule has 0 aliphatic heterocycles. The summed E-state index contributed by atoms with van der Waals surface area (Å²) in [6.45, 7) is 1.63. The average Bonchev–Trinajstić information content (AvgIpc) is 2.58. The van der Waals surface area contributed by atoms with Gasteiger partial charge in [-0.3, -0.25) is 0 Å². The largest absolute Gasteiger partial charge is 0.391 e. The van der Waals surface area contributed by atoms with E-state index < -0.39 is 12.1 Å². The van der Waals surface area contributed by atoms with Crippen molar-refractivity contribution >= 4 is 27.1 Å². The predicted molar refractivity (Wildman–Crippen MR) is 60.2 cm³/mol. The van der Waals surface area contributed by atoms with E-state index in [1.807, 2.05) is 6.07 Å². The molecule has 0 aliphatic carbocycles. The van der Waals surface area contributed by atoms with E-state index in [0.717, 1.165) is 9.99 Å². The predicted octanol–water partition coefficient (Wildman–Crippen LogP) is 1.10. The standard InChI is InChI=1S/C9H11BrN4O/c1-4(15)7(11)9-13-6-2-5(10)3-12-8(6)14-9/h2-4,7,15H,11H2,1H3,(H,12,13,14). The lowest BCUT2D eigenvalue weighted by molar-refractivity contribution is 0.161. The Kier molecular flexibility index (Phi) is 2.72. The molecule has 5 nitrogen and oxygen atoms in total. The van der Waals surface area contributed by atoms with Gasteiger partial charge < -0.3 is 15.8 Å². The van der Waals surface area contributed by atoms with Crippen molar-refractivity contribution in [2.75, 3.05) is 0 Å². The van der Waals surface area contributed by atoms with Gasteiger partial charge >= 0.3 is 0 Å². The monoisotopic (exact) mass is 270 g/mol. The van der Waals surface area contributed by atoms with Gasteiger partial charge in [-0.1, -0.05) is 0 Å². The normalized spacial score (nSPS) is 15.5. The number of rotatable bonds is 2. The lowest BCUT2D eigenvalue weighted by atomic mass is 10.2. The first-order chi connectivity index (χ1) is 7.08. The second-order valence-corrected chi connectivity index (χ2v) is 4.33. The van der Waals surface area contributed by atoms with Gasteiger partial charge in [-0.05, 0) is 28.9 Å². The number of aliphatic hydroxyl groups excluding tert-OH is 1. The Morgan fingerprint density at radius 1 is 1.60 bits per heavy atom. The minimum absolute atomic E-state index is 0.516. The van der Waals surface area contributed by atoms with Crippen molar-refractivity contribution < 1.29 is 5.11 Å². The number of H-pyrrole nitrogens is 1. The van der Waals surface area contributed by atoms with Crippen LogP contribution in [0.5, 0.6) is 0 Å². The average molecular weight is 271 g/mol. The van der Waals surface area contributed by atoms with Crippen molar-refractivity contribution in [2.45, 2.75) is 19.1 Å². The summed E-state index contributed by atoms with van der Waals surface area (Å²) < 4.78 is 0.871. The fraction of sp³-hybridized carbons (Fsp3) is 0.333. The van der Waals surface area contributed by atoms with Crippen LogP contribution in [-0.4, -0.2) is 26.2 Å². The molecule has 2 unspecified atom stereocenters. The number of aliphatic hydroxyl groups is 1. The van der Waals surface area contributed by atoms with Crippen molar-refractivity contribution in [3.05, 3.63) is 22.6 Å². The third-order valence-corrected chi connectivity index (χ3v) is 2.59. The maximum Gasteiger partial charge on any atom is 0.177 e. The van der Waals surface area contributed by atoms with E-state index in [2.05, 4.69) is 30.9 Å². The number of pyridine rings is 1. The first-order valence-corrected chi connectivity index (χ1v) is 5.32. The molecule has 0 amide bonds. The van der Waals surface area contributed by atoms with E-state index in [4.69, 9.17) is 5.73 Å². The Morgan fingerprint density at radius 2 is 2.33 bits per heavy atom. The molecule has 0 saturated carbocycles. The number of hydrogen-bond donors (Lipinski definition) is 3. The van der Waals surface area contributed by atoms with Crippen LogP contribution in [0.1, 0.15) is 18.8 Å². The molecule has 80 valence electrons. The molecule has 2 heterocycles. The Hall–Kier alpha value is -0.980. The zero-order valence-corrected chi connectivity index (χ0v) is 9.69. The summed E-state index contributed by atoms with van der Waals surface area (Å²) in [6.07, 6.45) is 1.02. The highest BCUT2D eigenvalue weighted by Gasteiger charge is 2.16. The number of nitrogens with one attached hydrogen (secondary N) is 1. The fourth-order valence-corrected chi connectivity index (χ4v) is 1.61. The number of hydrogen-bond acceptors (Lipinski definition) is 4. The zero-order chi connectivity index (χ0) is 11.0. The highest BCUT2D eigenvalue weighted by Crippen LogP contribution is 2.18. The Balaban J connectivity index is 2.47. The summed E-state index contributed by atoms with van der Waals surface area (Å²) in [5.41, 5.74) is 7.16. The summed E-state index contributed by atoms with van der Waals surface area (Å²) in [5, 5.41) is 9.34. The van der Waals surface area contributed by atoms with Crippen LogP contribution in [0.15, 0.2) is 16.7 Å². The number of fused-ring (bicyclic) bond motifs is 1. The number of nitrogens with two attached hydrogens (primary N) is 1. The number of halogens is 1. The van der Waals surface area contributed by atoms with Crippen LogP contribution < -0.4 is 5.73 Å². The first-order valence-electron chi connectivity index (χ1n) is 4.52. The van der Waals surface area contributed by atoms with Gasteiger partial charge in [0.05, 0.1) is 17.7 Å². The second-order valence-electron chi connectivity index (χ2n) is 3.41. The van der Waals surface area contributed by atoms with Crippen LogP contribution in [0.2, 0.25) is 0 Å². The van der Waals surface area contributed by atoms with E-state index in [-0.39, 0.29) is 0 Å². The van der Waals surface area contributed by atoms with Gasteiger partial charge in [0.2, 0.25) is 0 Å². The first kappa shape index (κ1) is 10.5. The van der Waals surface area contributed by atoms with Crippen LogP contribution in [0.4, 0.5) is 0 Å². The molecular formula is C9H11BrN4O. The third kappa shape index (κ3) is 2.01. The van der Waals surface area contributed by atoms with Crippen LogP contribution in [-0.2, 0) is 0 Å². The Labute approximate surface area is 94.9 Å². The summed E-state index contributed by atoms with van der Waals surface area (Å²) >= 11 is 3.32. The quantitative estimate of drug-likeness (QED) is 0.763. The fourth-order valence-electron chi connectivity index (χ4n) is 1.28. The molecule has 0 fully saturated rings. The molecule has 2 aromatic heterocycles. The van der Waals surface area contributed by atoms with Gasteiger partial charge in [0.25, 0.3) is 0 Å². The highest BCUT2D eigenvalue weighted by atomic mass is 79.9. The van der Waals surface area contributed by atoms with E-state index in [9.17, 15) is 5.11 Å². The molecule has 4 N–H and O–H groups in total. The van der Waals surface area contributed by atoms with Gasteiger partial charge in [0.15, 0.2) is 5.65 Å². The molecule has 6 heteroatoms. The van der Waals surface area contributed by atoms with Gasteiger partial charge in [-0.2, -0.15) is 0 Å². The van der Waals surface area contributed by atoms with E-state index >= 15 is 0 Å². The number of imidazole rings is 1. The molecule has 2 aromatic rings. The van der Waals surface area contributed by atoms with Crippen LogP contribution in [0, 0.1) is 0 Å². The van der Waals surface area contributed by atoms with E-state index in [0.29, 0.717) is 11.5 Å². The van der Waals surface area contributed by atoms with Crippen molar-refractivity contribution in [3.8, 4) is 0 Å². The molecule has 0 bridgehead atoms. The third-order valence-electron chi connectivity index (χ3n) is 2.16. The van der Waals surface area contributed by atoms with Crippen LogP contribution in [0.3, 0.4) is 0 Å². The van der Waals surface area contributed by atoms with Crippen LogP contribution in [0.25, 0.3) is 11.2 Å². The van der Waals surface area contributed by atoms with Crippen molar-refractivity contribution in [2.24, 2.45) is 5.73 Å². The second kappa shape index (κ2) is 3.88. The summed E-state index contributed by atoms with van der Waals surface area (Å²) in [6, 6.07) is 1.35. The molecule has 2 atom stereocenters. The maximum atomic E-state index is 9.34. The summed E-state index contributed by atoms with van der Waals surface area (Å²) in [7, 11) is 0. The maximum absolute atomic E-state index is 9.34. The van der Waals surface area contributed by atoms with Gasteiger partial charge in [-0.25, -0.2) is 9.97 Å².